The van der Waals surface area contributed by atoms with Crippen LogP contribution in [-0.4, -0.2) is 41.2 Å². The van der Waals surface area contributed by atoms with Crippen molar-refractivity contribution >= 4 is 12.4 Å². The molecule has 1 spiro atoms. The van der Waals surface area contributed by atoms with E-state index >= 15 is 0 Å². The Hall–Kier alpha value is -1.63. The molecule has 0 aliphatic carbocycles. The topological polar surface area (TPSA) is 63.4 Å². The molecule has 2 aliphatic rings. The van der Waals surface area contributed by atoms with Crippen LogP contribution in [0.3, 0.4) is 0 Å². The van der Waals surface area contributed by atoms with Crippen molar-refractivity contribution in [2.75, 3.05) is 26.2 Å². The zero-order chi connectivity index (χ0) is 17.1. The molecule has 142 valence electrons. The molecule has 7 heteroatoms. The van der Waals surface area contributed by atoms with Crippen LogP contribution in [0.15, 0.2) is 28.8 Å². The minimum atomic E-state index is 0. The number of benzene rings is 1. The second-order valence-corrected chi connectivity index (χ2v) is 7.37. The van der Waals surface area contributed by atoms with E-state index < -0.39 is 0 Å². The zero-order valence-electron chi connectivity index (χ0n) is 15.2. The lowest BCUT2D eigenvalue weighted by atomic mass is 9.78. The van der Waals surface area contributed by atoms with Crippen LogP contribution < -0.4 is 10.1 Å². The number of aromatic nitrogens is 2. The Kier molecular flexibility index (Phi) is 6.16. The number of hydrogen-bond acceptors (Lipinski definition) is 6. The van der Waals surface area contributed by atoms with Crippen molar-refractivity contribution in [1.82, 2.24) is 20.4 Å². The Bertz CT molecular complexity index is 698. The van der Waals surface area contributed by atoms with Crippen molar-refractivity contribution in [2.24, 2.45) is 5.41 Å². The molecular formula is C19H27ClN4O2. The van der Waals surface area contributed by atoms with Crippen LogP contribution in [0.2, 0.25) is 0 Å². The summed E-state index contributed by atoms with van der Waals surface area (Å²) in [6.45, 7) is 7.95. The molecule has 0 bridgehead atoms. The minimum Gasteiger partial charge on any atom is -0.485 e. The van der Waals surface area contributed by atoms with Gasteiger partial charge in [0.15, 0.2) is 6.61 Å². The molecule has 2 saturated heterocycles. The van der Waals surface area contributed by atoms with Gasteiger partial charge < -0.3 is 14.6 Å². The first-order valence-electron chi connectivity index (χ1n) is 9.15. The third-order valence-electron chi connectivity index (χ3n) is 5.45. The van der Waals surface area contributed by atoms with Crippen LogP contribution in [0, 0.1) is 12.3 Å². The van der Waals surface area contributed by atoms with Gasteiger partial charge in [-0.25, -0.2) is 0 Å². The summed E-state index contributed by atoms with van der Waals surface area (Å²) in [5.74, 6) is 1.97. The third kappa shape index (κ3) is 4.55. The summed E-state index contributed by atoms with van der Waals surface area (Å²) in [6, 6.07) is 8.37. The second-order valence-electron chi connectivity index (χ2n) is 7.37. The molecule has 2 aliphatic heterocycles. The fraction of sp³-hybridized carbons (Fsp3) is 0.579. The van der Waals surface area contributed by atoms with Gasteiger partial charge >= 0.3 is 0 Å². The SMILES string of the molecule is Cc1nc(COc2ccc(CN3CCC4(CCNCC4)C3)cc2)no1.Cl. The zero-order valence-corrected chi connectivity index (χ0v) is 16.1. The van der Waals surface area contributed by atoms with Crippen LogP contribution >= 0.6 is 12.4 Å². The number of likely N-dealkylation sites (tertiary alicyclic amines) is 1. The molecule has 3 heterocycles. The summed E-state index contributed by atoms with van der Waals surface area (Å²) in [5.41, 5.74) is 1.91. The highest BCUT2D eigenvalue weighted by molar-refractivity contribution is 5.85. The molecule has 26 heavy (non-hydrogen) atoms. The molecule has 4 rings (SSSR count). The van der Waals surface area contributed by atoms with Crippen LogP contribution in [0.25, 0.3) is 0 Å². The maximum atomic E-state index is 5.71. The Morgan fingerprint density at radius 1 is 1.19 bits per heavy atom. The van der Waals surface area contributed by atoms with E-state index in [4.69, 9.17) is 9.26 Å². The van der Waals surface area contributed by atoms with Gasteiger partial charge in [0.2, 0.25) is 11.7 Å². The summed E-state index contributed by atoms with van der Waals surface area (Å²) >= 11 is 0. The van der Waals surface area contributed by atoms with Crippen LogP contribution in [0.4, 0.5) is 0 Å². The smallest absolute Gasteiger partial charge is 0.223 e. The first-order valence-corrected chi connectivity index (χ1v) is 9.15. The fourth-order valence-electron chi connectivity index (χ4n) is 4.03. The Labute approximate surface area is 160 Å². The molecule has 0 atom stereocenters. The molecule has 0 unspecified atom stereocenters. The van der Waals surface area contributed by atoms with Crippen LogP contribution in [0.5, 0.6) is 5.75 Å². The standard InChI is InChI=1S/C19H26N4O2.ClH/c1-15-21-18(22-25-15)13-24-17-4-2-16(3-5-17)12-23-11-8-19(14-23)6-9-20-10-7-19;/h2-5,20H,6-14H2,1H3;1H. The molecule has 6 nitrogen and oxygen atoms in total. The van der Waals surface area contributed by atoms with E-state index in [2.05, 4.69) is 32.5 Å². The highest BCUT2D eigenvalue weighted by atomic mass is 35.5. The fourth-order valence-corrected chi connectivity index (χ4v) is 4.03. The molecule has 0 radical (unpaired) electrons. The average Bonchev–Trinajstić information content (AvgIpc) is 3.22. The summed E-state index contributed by atoms with van der Waals surface area (Å²) < 4.78 is 10.7. The number of hydrogen-bond donors (Lipinski definition) is 1. The maximum Gasteiger partial charge on any atom is 0.223 e. The molecule has 2 fully saturated rings. The van der Waals surface area contributed by atoms with Gasteiger partial charge in [-0.1, -0.05) is 17.3 Å². The summed E-state index contributed by atoms with van der Waals surface area (Å²) in [7, 11) is 0. The molecule has 2 aromatic rings. The first-order chi connectivity index (χ1) is 12.2. The lowest BCUT2D eigenvalue weighted by Gasteiger charge is -2.33. The van der Waals surface area contributed by atoms with E-state index in [0.717, 1.165) is 12.3 Å². The van der Waals surface area contributed by atoms with Crippen molar-refractivity contribution in [2.45, 2.75) is 39.3 Å². The van der Waals surface area contributed by atoms with Gasteiger partial charge in [-0.05, 0) is 62.0 Å². The predicted molar refractivity (Wildman–Crippen MR) is 101 cm³/mol. The Balaban J connectivity index is 0.00000196. The normalized spacial score (nSPS) is 19.4. The van der Waals surface area contributed by atoms with Crippen molar-refractivity contribution in [3.63, 3.8) is 0 Å². The van der Waals surface area contributed by atoms with Crippen LogP contribution in [-0.2, 0) is 13.2 Å². The monoisotopic (exact) mass is 378 g/mol. The molecule has 1 N–H and O–H groups in total. The summed E-state index contributed by atoms with van der Waals surface area (Å²) in [6.07, 6.45) is 4.00. The van der Waals surface area contributed by atoms with Crippen molar-refractivity contribution in [3.05, 3.63) is 41.5 Å². The lowest BCUT2D eigenvalue weighted by molar-refractivity contribution is 0.194. The highest BCUT2D eigenvalue weighted by Crippen LogP contribution is 2.39. The van der Waals surface area contributed by atoms with Gasteiger partial charge in [-0.2, -0.15) is 4.98 Å². The van der Waals surface area contributed by atoms with Crippen LogP contribution in [0.1, 0.15) is 36.5 Å². The highest BCUT2D eigenvalue weighted by Gasteiger charge is 2.38. The molecular weight excluding hydrogens is 352 g/mol. The Morgan fingerprint density at radius 2 is 1.96 bits per heavy atom. The average molecular weight is 379 g/mol. The van der Waals surface area contributed by atoms with Gasteiger partial charge in [-0.3, -0.25) is 4.90 Å². The number of ether oxygens (including phenoxy) is 1. The number of nitrogens with zero attached hydrogens (tertiary/aromatic N) is 3. The lowest BCUT2D eigenvalue weighted by Crippen LogP contribution is -2.38. The number of halogens is 1. The van der Waals surface area contributed by atoms with Crippen molar-refractivity contribution < 1.29 is 9.26 Å². The number of nitrogens with one attached hydrogen (secondary N) is 1. The van der Waals surface area contributed by atoms with Gasteiger partial charge in [0.1, 0.15) is 5.75 Å². The van der Waals surface area contributed by atoms with E-state index in [1.54, 1.807) is 6.92 Å². The maximum absolute atomic E-state index is 5.71. The number of piperidine rings is 1. The van der Waals surface area contributed by atoms with Gasteiger partial charge in [0.05, 0.1) is 0 Å². The quantitative estimate of drug-likeness (QED) is 0.863. The van der Waals surface area contributed by atoms with E-state index in [-0.39, 0.29) is 12.4 Å². The minimum absolute atomic E-state index is 0. The van der Waals surface area contributed by atoms with Gasteiger partial charge in [-0.15, -0.1) is 12.4 Å². The predicted octanol–water partition coefficient (Wildman–Crippen LogP) is 2.95. The van der Waals surface area contributed by atoms with Crippen molar-refractivity contribution in [3.8, 4) is 5.75 Å². The van der Waals surface area contributed by atoms with E-state index in [0.29, 0.717) is 23.7 Å². The Morgan fingerprint density at radius 3 is 2.65 bits per heavy atom. The van der Waals surface area contributed by atoms with E-state index in [1.165, 1.54) is 51.0 Å². The molecule has 0 amide bonds. The largest absolute Gasteiger partial charge is 0.485 e. The van der Waals surface area contributed by atoms with Crippen molar-refractivity contribution in [1.29, 1.82) is 0 Å². The second kappa shape index (κ2) is 8.37. The van der Waals surface area contributed by atoms with Gasteiger partial charge in [0.25, 0.3) is 0 Å². The number of rotatable bonds is 5. The molecule has 1 aromatic heterocycles. The summed E-state index contributed by atoms with van der Waals surface area (Å²) in [5, 5.41) is 7.32. The molecule has 1 aromatic carbocycles. The first kappa shape index (κ1) is 19.1. The third-order valence-corrected chi connectivity index (χ3v) is 5.45. The number of aryl methyl sites for hydroxylation is 1. The van der Waals surface area contributed by atoms with E-state index in [1.807, 2.05) is 12.1 Å². The molecule has 0 saturated carbocycles. The summed E-state index contributed by atoms with van der Waals surface area (Å²) in [4.78, 5) is 6.74. The van der Waals surface area contributed by atoms with E-state index in [9.17, 15) is 0 Å². The van der Waals surface area contributed by atoms with Gasteiger partial charge in [0, 0.05) is 20.0 Å².